The third-order valence-electron chi connectivity index (χ3n) is 6.17. The number of aliphatic hydroxyl groups is 1. The number of hydrogen-bond donors (Lipinski definition) is 3. The first kappa shape index (κ1) is 30.3. The number of carbonyl (C=O) groups excluding carboxylic acids is 1. The van der Waals surface area contributed by atoms with Crippen molar-refractivity contribution in [2.75, 3.05) is 19.9 Å². The zero-order valence-corrected chi connectivity index (χ0v) is 22.9. The molecule has 0 aliphatic carbocycles. The van der Waals surface area contributed by atoms with E-state index in [0.29, 0.717) is 17.3 Å². The fourth-order valence-electron chi connectivity index (χ4n) is 3.93. The molecule has 10 heteroatoms. The zero-order chi connectivity index (χ0) is 26.8. The van der Waals surface area contributed by atoms with E-state index in [0.717, 1.165) is 17.5 Å². The summed E-state index contributed by atoms with van der Waals surface area (Å²) in [5.41, 5.74) is 1.82. The topological polar surface area (TPSA) is 114 Å². The largest absolute Gasteiger partial charge is 0.457 e. The molecule has 2 aromatic rings. The van der Waals surface area contributed by atoms with Gasteiger partial charge in [0, 0.05) is 17.6 Å². The van der Waals surface area contributed by atoms with Crippen LogP contribution in [0.1, 0.15) is 57.8 Å². The molecule has 0 heterocycles. The second-order valence-electron chi connectivity index (χ2n) is 8.60. The van der Waals surface area contributed by atoms with Crippen molar-refractivity contribution in [2.24, 2.45) is 0 Å². The SMILES string of the molecule is CCOP(=O)(O)C(CC)(CC)C(=O)OCOc1ccc(CC(C)NCC(O)c2cccc(Cl)c2)cc1. The van der Waals surface area contributed by atoms with Gasteiger partial charge in [-0.3, -0.25) is 9.36 Å². The first-order chi connectivity index (χ1) is 17.1. The van der Waals surface area contributed by atoms with Crippen LogP contribution in [0.15, 0.2) is 48.5 Å². The van der Waals surface area contributed by atoms with Gasteiger partial charge in [0.05, 0.1) is 12.7 Å². The fraction of sp³-hybridized carbons (Fsp3) is 0.500. The minimum atomic E-state index is -4.21. The number of hydrogen-bond acceptors (Lipinski definition) is 7. The van der Waals surface area contributed by atoms with Crippen LogP contribution in [0.3, 0.4) is 0 Å². The minimum absolute atomic E-state index is 0.0161. The van der Waals surface area contributed by atoms with Gasteiger partial charge in [0.25, 0.3) is 0 Å². The van der Waals surface area contributed by atoms with Crippen molar-refractivity contribution >= 4 is 25.2 Å². The van der Waals surface area contributed by atoms with Crippen LogP contribution >= 0.6 is 19.2 Å². The molecule has 8 nitrogen and oxygen atoms in total. The number of aliphatic hydroxyl groups excluding tert-OH is 1. The number of benzene rings is 2. The maximum absolute atomic E-state index is 12.7. The quantitative estimate of drug-likeness (QED) is 0.159. The molecule has 0 saturated carbocycles. The van der Waals surface area contributed by atoms with E-state index in [-0.39, 0.29) is 32.3 Å². The lowest BCUT2D eigenvalue weighted by Gasteiger charge is -2.32. The van der Waals surface area contributed by atoms with E-state index in [4.69, 9.17) is 25.6 Å². The number of carbonyl (C=O) groups is 1. The molecule has 0 saturated heterocycles. The highest BCUT2D eigenvalue weighted by atomic mass is 35.5. The van der Waals surface area contributed by atoms with Crippen molar-refractivity contribution in [1.82, 2.24) is 5.32 Å². The van der Waals surface area contributed by atoms with E-state index in [1.165, 1.54) is 0 Å². The van der Waals surface area contributed by atoms with Gasteiger partial charge >= 0.3 is 13.6 Å². The summed E-state index contributed by atoms with van der Waals surface area (Å²) in [7, 11) is -4.21. The molecular weight excluding hydrogens is 505 g/mol. The molecule has 0 bridgehead atoms. The van der Waals surface area contributed by atoms with Gasteiger partial charge < -0.3 is 29.3 Å². The molecule has 0 aliphatic rings. The summed E-state index contributed by atoms with van der Waals surface area (Å²) in [5, 5.41) is 12.6. The number of ether oxygens (including phenoxy) is 2. The molecule has 0 fully saturated rings. The van der Waals surface area contributed by atoms with Gasteiger partial charge in [0.1, 0.15) is 5.75 Å². The standard InChI is InChI=1S/C26H37ClNO7P/c1-5-26(6-2,36(31,32)35-7-3)25(30)34-18-33-23-13-11-20(12-14-23)15-19(4)28-17-24(29)21-9-8-10-22(27)16-21/h8-14,16,19,24,28-29H,5-7,15,17-18H2,1-4H3,(H,31,32). The summed E-state index contributed by atoms with van der Waals surface area (Å²) < 4.78 is 28.4. The Kier molecular flexibility index (Phi) is 11.9. The smallest absolute Gasteiger partial charge is 0.345 e. The van der Waals surface area contributed by atoms with Crippen LogP contribution in [-0.2, 0) is 25.0 Å². The van der Waals surface area contributed by atoms with Gasteiger partial charge in [-0.2, -0.15) is 0 Å². The molecular formula is C26H37ClNO7P. The maximum Gasteiger partial charge on any atom is 0.345 e. The molecule has 2 aromatic carbocycles. The van der Waals surface area contributed by atoms with Crippen molar-refractivity contribution in [1.29, 1.82) is 0 Å². The lowest BCUT2D eigenvalue weighted by atomic mass is 10.0. The van der Waals surface area contributed by atoms with Gasteiger partial charge in [0.15, 0.2) is 5.16 Å². The van der Waals surface area contributed by atoms with Gasteiger partial charge in [0.2, 0.25) is 6.79 Å². The Labute approximate surface area is 218 Å². The fourth-order valence-corrected chi connectivity index (χ4v) is 5.82. The number of nitrogens with one attached hydrogen (secondary N) is 1. The van der Waals surface area contributed by atoms with Crippen LogP contribution in [0.2, 0.25) is 5.02 Å². The number of rotatable bonds is 15. The van der Waals surface area contributed by atoms with E-state index in [1.54, 1.807) is 45.0 Å². The van der Waals surface area contributed by atoms with Crippen LogP contribution in [-0.4, -0.2) is 47.1 Å². The molecule has 200 valence electrons. The molecule has 0 aromatic heterocycles. The Bertz CT molecular complexity index is 1010. The number of esters is 1. The number of halogens is 1. The third-order valence-corrected chi connectivity index (χ3v) is 8.91. The summed E-state index contributed by atoms with van der Waals surface area (Å²) in [5.74, 6) is -0.317. The summed E-state index contributed by atoms with van der Waals surface area (Å²) >= 11 is 5.99. The summed E-state index contributed by atoms with van der Waals surface area (Å²) in [6.45, 7) is 6.96. The monoisotopic (exact) mass is 541 g/mol. The van der Waals surface area contributed by atoms with E-state index in [2.05, 4.69) is 5.32 Å². The van der Waals surface area contributed by atoms with E-state index < -0.39 is 24.8 Å². The van der Waals surface area contributed by atoms with Crippen LogP contribution in [0, 0.1) is 0 Å². The predicted molar refractivity (Wildman–Crippen MR) is 140 cm³/mol. The molecule has 36 heavy (non-hydrogen) atoms. The average molecular weight is 542 g/mol. The first-order valence-corrected chi connectivity index (χ1v) is 14.1. The van der Waals surface area contributed by atoms with Gasteiger partial charge in [-0.05, 0) is 68.5 Å². The molecule has 0 amide bonds. The van der Waals surface area contributed by atoms with Crippen molar-refractivity contribution in [3.8, 4) is 5.75 Å². The minimum Gasteiger partial charge on any atom is -0.457 e. The van der Waals surface area contributed by atoms with Crippen molar-refractivity contribution in [3.05, 3.63) is 64.7 Å². The Morgan fingerprint density at radius 2 is 1.81 bits per heavy atom. The predicted octanol–water partition coefficient (Wildman–Crippen LogP) is 5.25. The van der Waals surface area contributed by atoms with E-state index in [9.17, 15) is 19.4 Å². The Balaban J connectivity index is 1.84. The summed E-state index contributed by atoms with van der Waals surface area (Å²) in [4.78, 5) is 23.0. The average Bonchev–Trinajstić information content (AvgIpc) is 2.84. The van der Waals surface area contributed by atoms with Gasteiger partial charge in [-0.15, -0.1) is 0 Å². The molecule has 0 aliphatic heterocycles. The molecule has 3 N–H and O–H groups in total. The van der Waals surface area contributed by atoms with Crippen LogP contribution in [0.4, 0.5) is 0 Å². The second kappa shape index (κ2) is 14.1. The normalized spacial score (nSPS) is 15.1. The highest BCUT2D eigenvalue weighted by Crippen LogP contribution is 2.59. The van der Waals surface area contributed by atoms with Crippen molar-refractivity contribution in [2.45, 2.75) is 64.3 Å². The van der Waals surface area contributed by atoms with Crippen LogP contribution in [0.25, 0.3) is 0 Å². The summed E-state index contributed by atoms with van der Waals surface area (Å²) in [6, 6.07) is 14.6. The van der Waals surface area contributed by atoms with Crippen molar-refractivity contribution in [3.63, 3.8) is 0 Å². The van der Waals surface area contributed by atoms with Crippen LogP contribution in [0.5, 0.6) is 5.75 Å². The van der Waals surface area contributed by atoms with E-state index in [1.807, 2.05) is 31.2 Å². The van der Waals surface area contributed by atoms with Crippen LogP contribution < -0.4 is 10.1 Å². The highest BCUT2D eigenvalue weighted by molar-refractivity contribution is 7.55. The van der Waals surface area contributed by atoms with Crippen molar-refractivity contribution < 1.29 is 33.4 Å². The zero-order valence-electron chi connectivity index (χ0n) is 21.3. The second-order valence-corrected chi connectivity index (χ2v) is 11.2. The van der Waals surface area contributed by atoms with E-state index >= 15 is 0 Å². The Morgan fingerprint density at radius 1 is 1.14 bits per heavy atom. The molecule has 2 rings (SSSR count). The molecule has 0 radical (unpaired) electrons. The summed E-state index contributed by atoms with van der Waals surface area (Å²) in [6.07, 6.45) is 0.286. The van der Waals surface area contributed by atoms with Gasteiger partial charge in [-0.1, -0.05) is 49.7 Å². The lowest BCUT2D eigenvalue weighted by Crippen LogP contribution is -2.40. The Hall–Kier alpha value is -1.93. The highest BCUT2D eigenvalue weighted by Gasteiger charge is 2.53. The molecule has 3 atom stereocenters. The molecule has 3 unspecified atom stereocenters. The first-order valence-electron chi connectivity index (χ1n) is 12.1. The Morgan fingerprint density at radius 3 is 2.39 bits per heavy atom. The molecule has 0 spiro atoms. The lowest BCUT2D eigenvalue weighted by molar-refractivity contribution is -0.154. The maximum atomic E-state index is 12.7. The third kappa shape index (κ3) is 8.04. The van der Waals surface area contributed by atoms with Gasteiger partial charge in [-0.25, -0.2) is 0 Å².